The number of rotatable bonds is 5. The Hall–Kier alpha value is -3.68. The van der Waals surface area contributed by atoms with Crippen LogP contribution in [-0.2, 0) is 4.74 Å². The molecule has 1 aromatic heterocycles. The summed E-state index contributed by atoms with van der Waals surface area (Å²) in [6, 6.07) is 12.4. The third kappa shape index (κ3) is 3.64. The molecule has 1 unspecified atom stereocenters. The second-order valence-electron chi connectivity index (χ2n) is 5.71. The van der Waals surface area contributed by atoms with Gasteiger partial charge in [0, 0.05) is 17.5 Å². The summed E-state index contributed by atoms with van der Waals surface area (Å²) >= 11 is 0. The van der Waals surface area contributed by atoms with Gasteiger partial charge in [0.2, 0.25) is 0 Å². The molecule has 0 bridgehead atoms. The van der Waals surface area contributed by atoms with Crippen molar-refractivity contribution in [2.45, 2.75) is 13.0 Å². The predicted molar refractivity (Wildman–Crippen MR) is 96.0 cm³/mol. The van der Waals surface area contributed by atoms with E-state index in [4.69, 9.17) is 9.15 Å². The first-order valence-electron chi connectivity index (χ1n) is 7.97. The highest BCUT2D eigenvalue weighted by Crippen LogP contribution is 2.30. The van der Waals surface area contributed by atoms with Gasteiger partial charge in [-0.05, 0) is 31.2 Å². The van der Waals surface area contributed by atoms with E-state index in [2.05, 4.69) is 4.74 Å². The van der Waals surface area contributed by atoms with Crippen LogP contribution in [0.2, 0.25) is 0 Å². The minimum atomic E-state index is -0.821. The Labute approximate surface area is 153 Å². The molecule has 3 aromatic rings. The maximum Gasteiger partial charge on any atom is 0.351 e. The van der Waals surface area contributed by atoms with Gasteiger partial charge < -0.3 is 13.9 Å². The van der Waals surface area contributed by atoms with E-state index in [1.54, 1.807) is 37.3 Å². The molecule has 2 aromatic carbocycles. The lowest BCUT2D eigenvalue weighted by atomic mass is 10.1. The molecule has 0 aliphatic heterocycles. The number of hydrogen-bond donors (Lipinski definition) is 0. The summed E-state index contributed by atoms with van der Waals surface area (Å²) in [6.45, 7) is 1.68. The maximum atomic E-state index is 11.9. The molecule has 0 spiro atoms. The first-order valence-corrected chi connectivity index (χ1v) is 7.97. The molecule has 0 radical (unpaired) electrons. The number of hydrogen-bond acceptors (Lipinski definition) is 7. The van der Waals surface area contributed by atoms with Gasteiger partial charge in [0.1, 0.15) is 23.0 Å². The summed E-state index contributed by atoms with van der Waals surface area (Å²) in [4.78, 5) is 34.2. The summed E-state index contributed by atoms with van der Waals surface area (Å²) in [6.07, 6.45) is -0.606. The smallest absolute Gasteiger partial charge is 0.351 e. The quantitative estimate of drug-likeness (QED) is 0.292. The van der Waals surface area contributed by atoms with Crippen LogP contribution in [0, 0.1) is 10.1 Å². The maximum absolute atomic E-state index is 11.9. The van der Waals surface area contributed by atoms with Crippen molar-refractivity contribution in [3.63, 3.8) is 0 Å². The van der Waals surface area contributed by atoms with Crippen molar-refractivity contribution in [3.05, 3.63) is 80.2 Å². The molecule has 0 N–H and O–H groups in total. The third-order valence-corrected chi connectivity index (χ3v) is 4.00. The molecule has 138 valence electrons. The van der Waals surface area contributed by atoms with E-state index in [1.807, 2.05) is 0 Å². The van der Waals surface area contributed by atoms with Crippen LogP contribution in [0.1, 0.15) is 28.9 Å². The molecule has 8 nitrogen and oxygen atoms in total. The number of nitro groups is 1. The van der Waals surface area contributed by atoms with E-state index in [1.165, 1.54) is 25.3 Å². The predicted octanol–water partition coefficient (Wildman–Crippen LogP) is 3.63. The standard InChI is InChI=1S/C19H15NO7/c1-11(14-5-3-4-6-16(14)20(23)24)26-13-8-7-12-9-15(18(21)25-2)19(22)27-17(12)10-13/h3-11H,1-2H3. The molecule has 8 heteroatoms. The van der Waals surface area contributed by atoms with Crippen LogP contribution in [0.5, 0.6) is 5.75 Å². The molecule has 0 saturated carbocycles. The monoisotopic (exact) mass is 369 g/mol. The lowest BCUT2D eigenvalue weighted by Gasteiger charge is -2.15. The Morgan fingerprint density at radius 1 is 1.19 bits per heavy atom. The number of benzene rings is 2. The van der Waals surface area contributed by atoms with Crippen molar-refractivity contribution < 1.29 is 23.6 Å². The van der Waals surface area contributed by atoms with Crippen LogP contribution >= 0.6 is 0 Å². The molecule has 0 amide bonds. The van der Waals surface area contributed by atoms with Crippen LogP contribution < -0.4 is 10.4 Å². The number of para-hydroxylation sites is 1. The Morgan fingerprint density at radius 3 is 2.63 bits per heavy atom. The van der Waals surface area contributed by atoms with Gasteiger partial charge in [-0.1, -0.05) is 12.1 Å². The number of carbonyl (C=O) groups excluding carboxylic acids is 1. The zero-order valence-electron chi connectivity index (χ0n) is 14.5. The van der Waals surface area contributed by atoms with Crippen molar-refractivity contribution in [2.75, 3.05) is 7.11 Å². The topological polar surface area (TPSA) is 109 Å². The first kappa shape index (κ1) is 18.1. The van der Waals surface area contributed by atoms with Crippen LogP contribution in [0.4, 0.5) is 5.69 Å². The van der Waals surface area contributed by atoms with E-state index < -0.39 is 22.6 Å². The van der Waals surface area contributed by atoms with Crippen molar-refractivity contribution in [3.8, 4) is 5.75 Å². The first-order chi connectivity index (χ1) is 12.9. The lowest BCUT2D eigenvalue weighted by molar-refractivity contribution is -0.386. The van der Waals surface area contributed by atoms with Gasteiger partial charge in [0.15, 0.2) is 0 Å². The molecule has 0 saturated heterocycles. The number of methoxy groups -OCH3 is 1. The second-order valence-corrected chi connectivity index (χ2v) is 5.71. The summed E-state index contributed by atoms with van der Waals surface area (Å²) in [5, 5.41) is 11.7. The van der Waals surface area contributed by atoms with Gasteiger partial charge in [-0.25, -0.2) is 9.59 Å². The fraction of sp³-hybridized carbons (Fsp3) is 0.158. The molecular formula is C19H15NO7. The van der Waals surface area contributed by atoms with Gasteiger partial charge in [0.25, 0.3) is 5.69 Å². The molecule has 1 heterocycles. The highest BCUT2D eigenvalue weighted by molar-refractivity contribution is 5.92. The normalized spacial score (nSPS) is 11.8. The van der Waals surface area contributed by atoms with Crippen molar-refractivity contribution in [2.24, 2.45) is 0 Å². The zero-order chi connectivity index (χ0) is 19.6. The van der Waals surface area contributed by atoms with Gasteiger partial charge >= 0.3 is 11.6 Å². The number of fused-ring (bicyclic) bond motifs is 1. The average molecular weight is 369 g/mol. The minimum absolute atomic E-state index is 0.0416. The lowest BCUT2D eigenvalue weighted by Crippen LogP contribution is -2.14. The summed E-state index contributed by atoms with van der Waals surface area (Å²) in [7, 11) is 1.17. The Bertz CT molecular complexity index is 1090. The molecule has 1 atom stereocenters. The van der Waals surface area contributed by atoms with Gasteiger partial charge in [-0.15, -0.1) is 0 Å². The Morgan fingerprint density at radius 2 is 1.93 bits per heavy atom. The van der Waals surface area contributed by atoms with Crippen molar-refractivity contribution in [1.29, 1.82) is 0 Å². The van der Waals surface area contributed by atoms with Gasteiger partial charge in [-0.2, -0.15) is 0 Å². The fourth-order valence-corrected chi connectivity index (χ4v) is 2.68. The minimum Gasteiger partial charge on any atom is -0.486 e. The van der Waals surface area contributed by atoms with Crippen molar-refractivity contribution in [1.82, 2.24) is 0 Å². The number of esters is 1. The van der Waals surface area contributed by atoms with E-state index in [9.17, 15) is 19.7 Å². The molecule has 3 rings (SSSR count). The van der Waals surface area contributed by atoms with Gasteiger partial charge in [-0.3, -0.25) is 10.1 Å². The number of nitrogens with zero attached hydrogens (tertiary/aromatic N) is 1. The van der Waals surface area contributed by atoms with Crippen LogP contribution in [0.3, 0.4) is 0 Å². The van der Waals surface area contributed by atoms with Gasteiger partial charge in [0.05, 0.1) is 17.6 Å². The number of ether oxygens (including phenoxy) is 2. The number of carbonyl (C=O) groups is 1. The Balaban J connectivity index is 1.93. The summed E-state index contributed by atoms with van der Waals surface area (Å²) < 4.78 is 15.5. The third-order valence-electron chi connectivity index (χ3n) is 4.00. The van der Waals surface area contributed by atoms with Crippen LogP contribution in [0.15, 0.2) is 57.7 Å². The van der Waals surface area contributed by atoms with Crippen molar-refractivity contribution >= 4 is 22.6 Å². The molecule has 0 aliphatic rings. The summed E-state index contributed by atoms with van der Waals surface area (Å²) in [5.41, 5.74) is -0.421. The van der Waals surface area contributed by atoms with E-state index >= 15 is 0 Å². The van der Waals surface area contributed by atoms with E-state index in [0.717, 1.165) is 0 Å². The molecule has 0 fully saturated rings. The number of nitro benzene ring substituents is 1. The van der Waals surface area contributed by atoms with Crippen LogP contribution in [-0.4, -0.2) is 18.0 Å². The molecule has 27 heavy (non-hydrogen) atoms. The highest BCUT2D eigenvalue weighted by Gasteiger charge is 2.20. The zero-order valence-corrected chi connectivity index (χ0v) is 14.5. The van der Waals surface area contributed by atoms with E-state index in [0.29, 0.717) is 16.7 Å². The van der Waals surface area contributed by atoms with E-state index in [-0.39, 0.29) is 16.8 Å². The second kappa shape index (κ2) is 7.28. The fourth-order valence-electron chi connectivity index (χ4n) is 2.68. The SMILES string of the molecule is COC(=O)c1cc2ccc(OC(C)c3ccccc3[N+](=O)[O-])cc2oc1=O. The van der Waals surface area contributed by atoms with Crippen LogP contribution in [0.25, 0.3) is 11.0 Å². The average Bonchev–Trinajstić information content (AvgIpc) is 2.66. The summed E-state index contributed by atoms with van der Waals surface area (Å²) in [5.74, 6) is -0.418. The highest BCUT2D eigenvalue weighted by atomic mass is 16.6. The Kier molecular flexibility index (Phi) is 4.89. The molecule has 0 aliphatic carbocycles. The molecular weight excluding hydrogens is 354 g/mol. The largest absolute Gasteiger partial charge is 0.486 e.